The molecule has 0 bridgehead atoms. The second-order valence-corrected chi connectivity index (χ2v) is 4.30. The lowest BCUT2D eigenvalue weighted by atomic mass is 10.2. The molecule has 2 aromatic rings. The number of amides is 1. The molecule has 1 amide bonds. The number of hydrogen-bond acceptors (Lipinski definition) is 3. The number of aryl methyl sites for hydroxylation is 1. The standard InChI is InChI=1S/C14H17N3O2/c1-11-4-2-5-13(8-11)19-7-3-6-14(18)17-12-9-15-16-10-12/h2,4-5,8-10H,3,6-7H2,1H3,(H,15,16)(H,17,18). The van der Waals surface area contributed by atoms with Crippen LogP contribution in [0.25, 0.3) is 0 Å². The fraction of sp³-hybridized carbons (Fsp3) is 0.286. The monoisotopic (exact) mass is 259 g/mol. The quantitative estimate of drug-likeness (QED) is 0.783. The van der Waals surface area contributed by atoms with Crippen LogP contribution in [0.4, 0.5) is 5.69 Å². The smallest absolute Gasteiger partial charge is 0.224 e. The number of nitrogens with zero attached hydrogens (tertiary/aromatic N) is 1. The molecule has 0 fully saturated rings. The van der Waals surface area contributed by atoms with E-state index in [4.69, 9.17) is 4.74 Å². The highest BCUT2D eigenvalue weighted by Gasteiger charge is 2.03. The Labute approximate surface area is 112 Å². The lowest BCUT2D eigenvalue weighted by Crippen LogP contribution is -2.12. The van der Waals surface area contributed by atoms with Gasteiger partial charge in [-0.25, -0.2) is 0 Å². The highest BCUT2D eigenvalue weighted by Crippen LogP contribution is 2.12. The highest BCUT2D eigenvalue weighted by molar-refractivity contribution is 5.90. The molecule has 0 saturated carbocycles. The van der Waals surface area contributed by atoms with Crippen molar-refractivity contribution < 1.29 is 9.53 Å². The Bertz CT molecular complexity index is 523. The van der Waals surface area contributed by atoms with Gasteiger partial charge < -0.3 is 10.1 Å². The van der Waals surface area contributed by atoms with Crippen molar-refractivity contribution in [2.75, 3.05) is 11.9 Å². The molecule has 100 valence electrons. The van der Waals surface area contributed by atoms with E-state index in [2.05, 4.69) is 15.5 Å². The summed E-state index contributed by atoms with van der Waals surface area (Å²) in [6.07, 6.45) is 4.32. The molecular weight excluding hydrogens is 242 g/mol. The Morgan fingerprint density at radius 2 is 2.37 bits per heavy atom. The summed E-state index contributed by atoms with van der Waals surface area (Å²) in [6.45, 7) is 2.55. The molecular formula is C14H17N3O2. The summed E-state index contributed by atoms with van der Waals surface area (Å²) in [7, 11) is 0. The lowest BCUT2D eigenvalue weighted by molar-refractivity contribution is -0.116. The largest absolute Gasteiger partial charge is 0.494 e. The van der Waals surface area contributed by atoms with Crippen LogP contribution in [0.3, 0.4) is 0 Å². The van der Waals surface area contributed by atoms with Crippen molar-refractivity contribution >= 4 is 11.6 Å². The number of nitrogens with one attached hydrogen (secondary N) is 2. The Balaban J connectivity index is 1.65. The number of anilines is 1. The van der Waals surface area contributed by atoms with Gasteiger partial charge in [0.05, 0.1) is 18.5 Å². The molecule has 1 aromatic heterocycles. The fourth-order valence-corrected chi connectivity index (χ4v) is 1.67. The maximum Gasteiger partial charge on any atom is 0.224 e. The van der Waals surface area contributed by atoms with Crippen molar-refractivity contribution in [2.24, 2.45) is 0 Å². The second-order valence-electron chi connectivity index (χ2n) is 4.30. The first-order chi connectivity index (χ1) is 9.24. The Kier molecular flexibility index (Phi) is 4.55. The average molecular weight is 259 g/mol. The first-order valence-corrected chi connectivity index (χ1v) is 6.22. The van der Waals surface area contributed by atoms with E-state index >= 15 is 0 Å². The van der Waals surface area contributed by atoms with Crippen LogP contribution in [0.1, 0.15) is 18.4 Å². The van der Waals surface area contributed by atoms with E-state index in [0.29, 0.717) is 25.1 Å². The van der Waals surface area contributed by atoms with Gasteiger partial charge in [0.2, 0.25) is 5.91 Å². The average Bonchev–Trinajstić information content (AvgIpc) is 2.87. The molecule has 0 radical (unpaired) electrons. The highest BCUT2D eigenvalue weighted by atomic mass is 16.5. The third kappa shape index (κ3) is 4.46. The first-order valence-electron chi connectivity index (χ1n) is 6.22. The van der Waals surface area contributed by atoms with E-state index < -0.39 is 0 Å². The Hall–Kier alpha value is -2.30. The van der Waals surface area contributed by atoms with Crippen molar-refractivity contribution in [1.82, 2.24) is 10.2 Å². The van der Waals surface area contributed by atoms with Crippen LogP contribution in [0.5, 0.6) is 5.75 Å². The minimum absolute atomic E-state index is 0.0331. The number of carbonyl (C=O) groups is 1. The van der Waals surface area contributed by atoms with Gasteiger partial charge in [-0.1, -0.05) is 12.1 Å². The molecule has 1 heterocycles. The minimum atomic E-state index is -0.0331. The summed E-state index contributed by atoms with van der Waals surface area (Å²) in [5.41, 5.74) is 1.85. The molecule has 0 spiro atoms. The number of hydrogen-bond donors (Lipinski definition) is 2. The van der Waals surface area contributed by atoms with Crippen LogP contribution in [-0.4, -0.2) is 22.7 Å². The van der Waals surface area contributed by atoms with Gasteiger partial charge in [-0.3, -0.25) is 9.89 Å². The Morgan fingerprint density at radius 1 is 1.47 bits per heavy atom. The van der Waals surface area contributed by atoms with Gasteiger partial charge in [-0.2, -0.15) is 5.10 Å². The van der Waals surface area contributed by atoms with E-state index in [9.17, 15) is 4.79 Å². The van der Waals surface area contributed by atoms with Gasteiger partial charge >= 0.3 is 0 Å². The van der Waals surface area contributed by atoms with E-state index in [-0.39, 0.29) is 5.91 Å². The molecule has 0 atom stereocenters. The van der Waals surface area contributed by atoms with Gasteiger partial charge in [0.1, 0.15) is 5.75 Å². The first kappa shape index (κ1) is 13.1. The fourth-order valence-electron chi connectivity index (χ4n) is 1.67. The lowest BCUT2D eigenvalue weighted by Gasteiger charge is -2.06. The molecule has 0 unspecified atom stereocenters. The van der Waals surface area contributed by atoms with Crippen molar-refractivity contribution in [3.63, 3.8) is 0 Å². The number of benzene rings is 1. The normalized spacial score (nSPS) is 10.2. The minimum Gasteiger partial charge on any atom is -0.494 e. The molecule has 2 N–H and O–H groups in total. The number of ether oxygens (including phenoxy) is 1. The van der Waals surface area contributed by atoms with Gasteiger partial charge in [-0.05, 0) is 31.0 Å². The van der Waals surface area contributed by atoms with E-state index in [1.165, 1.54) is 0 Å². The number of aromatic amines is 1. The third-order valence-electron chi connectivity index (χ3n) is 2.59. The van der Waals surface area contributed by atoms with Crippen molar-refractivity contribution in [1.29, 1.82) is 0 Å². The van der Waals surface area contributed by atoms with Crippen molar-refractivity contribution in [3.8, 4) is 5.75 Å². The topological polar surface area (TPSA) is 67.0 Å². The molecule has 2 rings (SSSR count). The SMILES string of the molecule is Cc1cccc(OCCCC(=O)Nc2cn[nH]c2)c1. The van der Waals surface area contributed by atoms with Gasteiger partial charge in [0.25, 0.3) is 0 Å². The third-order valence-corrected chi connectivity index (χ3v) is 2.59. The molecule has 5 heteroatoms. The summed E-state index contributed by atoms with van der Waals surface area (Å²) < 4.78 is 5.57. The Morgan fingerprint density at radius 3 is 3.11 bits per heavy atom. The maximum atomic E-state index is 11.6. The van der Waals surface area contributed by atoms with E-state index in [0.717, 1.165) is 11.3 Å². The van der Waals surface area contributed by atoms with Crippen LogP contribution < -0.4 is 10.1 Å². The zero-order valence-electron chi connectivity index (χ0n) is 10.8. The molecule has 0 aliphatic carbocycles. The molecule has 19 heavy (non-hydrogen) atoms. The predicted molar refractivity (Wildman–Crippen MR) is 73.1 cm³/mol. The van der Waals surface area contributed by atoms with Crippen molar-refractivity contribution in [2.45, 2.75) is 19.8 Å². The van der Waals surface area contributed by atoms with Crippen molar-refractivity contribution in [3.05, 3.63) is 42.2 Å². The second kappa shape index (κ2) is 6.58. The van der Waals surface area contributed by atoms with Crippen LogP contribution in [0, 0.1) is 6.92 Å². The zero-order valence-corrected chi connectivity index (χ0v) is 10.8. The predicted octanol–water partition coefficient (Wildman–Crippen LogP) is 2.52. The van der Waals surface area contributed by atoms with Crippen LogP contribution in [0.2, 0.25) is 0 Å². The van der Waals surface area contributed by atoms with Crippen LogP contribution >= 0.6 is 0 Å². The molecule has 0 aliphatic heterocycles. The summed E-state index contributed by atoms with van der Waals surface area (Å²) >= 11 is 0. The molecule has 0 aliphatic rings. The van der Waals surface area contributed by atoms with E-state index in [1.807, 2.05) is 31.2 Å². The van der Waals surface area contributed by atoms with Gasteiger partial charge in [0, 0.05) is 12.6 Å². The maximum absolute atomic E-state index is 11.6. The summed E-state index contributed by atoms with van der Waals surface area (Å²) in [4.78, 5) is 11.6. The zero-order chi connectivity index (χ0) is 13.5. The van der Waals surface area contributed by atoms with Crippen LogP contribution in [-0.2, 0) is 4.79 Å². The number of carbonyl (C=O) groups excluding carboxylic acids is 1. The number of rotatable bonds is 6. The molecule has 1 aromatic carbocycles. The number of H-pyrrole nitrogens is 1. The summed E-state index contributed by atoms with van der Waals surface area (Å²) in [5.74, 6) is 0.810. The van der Waals surface area contributed by atoms with Gasteiger partial charge in [-0.15, -0.1) is 0 Å². The molecule has 5 nitrogen and oxygen atoms in total. The van der Waals surface area contributed by atoms with Gasteiger partial charge in [0.15, 0.2) is 0 Å². The summed E-state index contributed by atoms with van der Waals surface area (Å²) in [6, 6.07) is 7.87. The number of aromatic nitrogens is 2. The van der Waals surface area contributed by atoms with E-state index in [1.54, 1.807) is 12.4 Å². The summed E-state index contributed by atoms with van der Waals surface area (Å²) in [5, 5.41) is 9.14. The van der Waals surface area contributed by atoms with Crippen LogP contribution in [0.15, 0.2) is 36.7 Å². The molecule has 0 saturated heterocycles.